The van der Waals surface area contributed by atoms with Gasteiger partial charge < -0.3 is 9.84 Å². The molecule has 0 radical (unpaired) electrons. The van der Waals surface area contributed by atoms with Crippen LogP contribution in [0.4, 0.5) is 0 Å². The van der Waals surface area contributed by atoms with Gasteiger partial charge in [0.25, 0.3) is 0 Å². The summed E-state index contributed by atoms with van der Waals surface area (Å²) in [5, 5.41) is 14.7. The maximum atomic E-state index is 12.3. The molecule has 0 atom stereocenters. The summed E-state index contributed by atoms with van der Waals surface area (Å²) in [4.78, 5) is 14.5. The first-order valence-electron chi connectivity index (χ1n) is 8.49. The highest BCUT2D eigenvalue weighted by molar-refractivity contribution is 6.32. The first-order chi connectivity index (χ1) is 12.1. The zero-order valence-electron chi connectivity index (χ0n) is 14.2. The second-order valence-corrected chi connectivity index (χ2v) is 6.50. The number of para-hydroxylation sites is 1. The Bertz CT molecular complexity index is 739. The Morgan fingerprint density at radius 1 is 1.36 bits per heavy atom. The molecule has 0 bridgehead atoms. The van der Waals surface area contributed by atoms with Crippen LogP contribution < -0.4 is 0 Å². The van der Waals surface area contributed by atoms with Crippen molar-refractivity contribution in [3.05, 3.63) is 46.7 Å². The number of aliphatic hydroxyl groups is 1. The molecule has 0 unspecified atom stereocenters. The number of rotatable bonds is 5. The summed E-state index contributed by atoms with van der Waals surface area (Å²) >= 11 is 6.32. The van der Waals surface area contributed by atoms with E-state index < -0.39 is 0 Å². The van der Waals surface area contributed by atoms with Crippen LogP contribution in [-0.2, 0) is 11.3 Å². The summed E-state index contributed by atoms with van der Waals surface area (Å²) in [5.41, 5.74) is 1.93. The van der Waals surface area contributed by atoms with Crippen molar-refractivity contribution >= 4 is 17.6 Å². The molecule has 0 saturated carbocycles. The topological polar surface area (TPSA) is 67.6 Å². The van der Waals surface area contributed by atoms with Crippen molar-refractivity contribution in [2.45, 2.75) is 32.4 Å². The van der Waals surface area contributed by atoms with Gasteiger partial charge in [-0.3, -0.25) is 4.90 Å². The van der Waals surface area contributed by atoms with E-state index >= 15 is 0 Å². The highest BCUT2D eigenvalue weighted by Crippen LogP contribution is 2.25. The lowest BCUT2D eigenvalue weighted by molar-refractivity contribution is 0.0519. The maximum Gasteiger partial charge on any atom is 0.341 e. The standard InChI is InChI=1S/C18H22ClN3O3/c1-2-25-18(24)14-11-20-22(16-6-4-3-5-15(16)19)17(14)12-21-9-7-13(23)8-10-21/h3-6,11,13,23H,2,7-10,12H2,1H3. The highest BCUT2D eigenvalue weighted by atomic mass is 35.5. The Morgan fingerprint density at radius 3 is 2.76 bits per heavy atom. The maximum absolute atomic E-state index is 12.3. The number of aromatic nitrogens is 2. The van der Waals surface area contributed by atoms with Crippen molar-refractivity contribution in [3.8, 4) is 5.69 Å². The molecule has 134 valence electrons. The quantitative estimate of drug-likeness (QED) is 0.827. The van der Waals surface area contributed by atoms with E-state index in [1.54, 1.807) is 17.7 Å². The largest absolute Gasteiger partial charge is 0.462 e. The number of likely N-dealkylation sites (tertiary alicyclic amines) is 1. The number of hydrogen-bond donors (Lipinski definition) is 1. The molecule has 1 aliphatic heterocycles. The van der Waals surface area contributed by atoms with Crippen molar-refractivity contribution in [2.24, 2.45) is 0 Å². The summed E-state index contributed by atoms with van der Waals surface area (Å²) in [6.07, 6.45) is 2.76. The monoisotopic (exact) mass is 363 g/mol. The molecule has 1 fully saturated rings. The highest BCUT2D eigenvalue weighted by Gasteiger charge is 2.24. The van der Waals surface area contributed by atoms with E-state index in [1.807, 2.05) is 18.2 Å². The van der Waals surface area contributed by atoms with E-state index in [-0.39, 0.29) is 12.1 Å². The van der Waals surface area contributed by atoms with Crippen LogP contribution in [0.3, 0.4) is 0 Å². The number of ether oxygens (including phenoxy) is 1. The number of carbonyl (C=O) groups is 1. The fraction of sp³-hybridized carbons (Fsp3) is 0.444. The van der Waals surface area contributed by atoms with Crippen molar-refractivity contribution in [1.29, 1.82) is 0 Å². The summed E-state index contributed by atoms with van der Waals surface area (Å²) in [6, 6.07) is 7.40. The molecule has 2 heterocycles. The fourth-order valence-electron chi connectivity index (χ4n) is 3.03. The van der Waals surface area contributed by atoms with Gasteiger partial charge in [-0.15, -0.1) is 0 Å². The molecule has 6 nitrogen and oxygen atoms in total. The van der Waals surface area contributed by atoms with Gasteiger partial charge in [-0.2, -0.15) is 5.10 Å². The Morgan fingerprint density at radius 2 is 2.08 bits per heavy atom. The molecule has 2 aromatic rings. The van der Waals surface area contributed by atoms with Crippen LogP contribution in [-0.4, -0.2) is 51.6 Å². The van der Waals surface area contributed by atoms with Gasteiger partial charge in [0.2, 0.25) is 0 Å². The van der Waals surface area contributed by atoms with Gasteiger partial charge in [0, 0.05) is 19.6 Å². The van der Waals surface area contributed by atoms with Gasteiger partial charge in [-0.05, 0) is 31.9 Å². The zero-order valence-corrected chi connectivity index (χ0v) is 14.9. The number of hydrogen-bond acceptors (Lipinski definition) is 5. The lowest BCUT2D eigenvalue weighted by Crippen LogP contribution is -2.36. The van der Waals surface area contributed by atoms with Crippen LogP contribution in [0, 0.1) is 0 Å². The summed E-state index contributed by atoms with van der Waals surface area (Å²) in [6.45, 7) is 4.19. The molecule has 1 aliphatic rings. The average molecular weight is 364 g/mol. The van der Waals surface area contributed by atoms with Crippen LogP contribution in [0.25, 0.3) is 5.69 Å². The summed E-state index contributed by atoms with van der Waals surface area (Å²) in [7, 11) is 0. The van der Waals surface area contributed by atoms with Crippen molar-refractivity contribution in [2.75, 3.05) is 19.7 Å². The van der Waals surface area contributed by atoms with Gasteiger partial charge in [-0.1, -0.05) is 23.7 Å². The van der Waals surface area contributed by atoms with E-state index in [4.69, 9.17) is 16.3 Å². The third-order valence-electron chi connectivity index (χ3n) is 4.38. The number of benzene rings is 1. The predicted octanol–water partition coefficient (Wildman–Crippen LogP) is 2.66. The molecule has 1 aromatic carbocycles. The Kier molecular flexibility index (Phi) is 5.73. The molecule has 1 aromatic heterocycles. The molecule has 25 heavy (non-hydrogen) atoms. The van der Waals surface area contributed by atoms with Crippen LogP contribution in [0.5, 0.6) is 0 Å². The molecule has 3 rings (SSSR count). The van der Waals surface area contributed by atoms with Gasteiger partial charge in [0.15, 0.2) is 0 Å². The van der Waals surface area contributed by atoms with E-state index in [0.717, 1.165) is 37.3 Å². The van der Waals surface area contributed by atoms with Crippen LogP contribution in [0.15, 0.2) is 30.5 Å². The first kappa shape index (κ1) is 17.9. The molecule has 0 aliphatic carbocycles. The van der Waals surface area contributed by atoms with Crippen LogP contribution in [0.1, 0.15) is 35.8 Å². The molecule has 1 N–H and O–H groups in total. The third-order valence-corrected chi connectivity index (χ3v) is 4.69. The molecule has 0 spiro atoms. The Balaban J connectivity index is 1.95. The van der Waals surface area contributed by atoms with Crippen LogP contribution >= 0.6 is 11.6 Å². The average Bonchev–Trinajstić information content (AvgIpc) is 3.01. The second kappa shape index (κ2) is 7.99. The molecular weight excluding hydrogens is 342 g/mol. The normalized spacial score (nSPS) is 16.1. The number of carbonyl (C=O) groups excluding carboxylic acids is 1. The van der Waals surface area contributed by atoms with E-state index in [1.165, 1.54) is 6.20 Å². The zero-order chi connectivity index (χ0) is 17.8. The first-order valence-corrected chi connectivity index (χ1v) is 8.87. The summed E-state index contributed by atoms with van der Waals surface area (Å²) in [5.74, 6) is -0.382. The van der Waals surface area contributed by atoms with E-state index in [2.05, 4.69) is 10.00 Å². The number of aliphatic hydroxyl groups excluding tert-OH is 1. The predicted molar refractivity (Wildman–Crippen MR) is 95.0 cm³/mol. The Labute approximate surface area is 152 Å². The Hall–Kier alpha value is -1.89. The third kappa shape index (κ3) is 4.03. The van der Waals surface area contributed by atoms with Gasteiger partial charge >= 0.3 is 5.97 Å². The second-order valence-electron chi connectivity index (χ2n) is 6.10. The lowest BCUT2D eigenvalue weighted by Gasteiger charge is -2.29. The van der Waals surface area contributed by atoms with Gasteiger partial charge in [-0.25, -0.2) is 9.48 Å². The minimum absolute atomic E-state index is 0.241. The number of esters is 1. The lowest BCUT2D eigenvalue weighted by atomic mass is 10.1. The molecular formula is C18H22ClN3O3. The number of nitrogens with zero attached hydrogens (tertiary/aromatic N) is 3. The van der Waals surface area contributed by atoms with Crippen molar-refractivity contribution in [3.63, 3.8) is 0 Å². The van der Waals surface area contributed by atoms with E-state index in [0.29, 0.717) is 23.7 Å². The molecule has 1 saturated heterocycles. The summed E-state index contributed by atoms with van der Waals surface area (Å²) < 4.78 is 6.88. The molecule has 0 amide bonds. The minimum atomic E-state index is -0.382. The van der Waals surface area contributed by atoms with Crippen molar-refractivity contribution in [1.82, 2.24) is 14.7 Å². The number of halogens is 1. The van der Waals surface area contributed by atoms with Gasteiger partial charge in [0.1, 0.15) is 5.56 Å². The van der Waals surface area contributed by atoms with Gasteiger partial charge in [0.05, 0.1) is 35.3 Å². The SMILES string of the molecule is CCOC(=O)c1cnn(-c2ccccc2Cl)c1CN1CCC(O)CC1. The minimum Gasteiger partial charge on any atom is -0.462 e. The van der Waals surface area contributed by atoms with Crippen LogP contribution in [0.2, 0.25) is 5.02 Å². The van der Waals surface area contributed by atoms with Crippen molar-refractivity contribution < 1.29 is 14.6 Å². The molecule has 7 heteroatoms. The van der Waals surface area contributed by atoms with E-state index in [9.17, 15) is 9.90 Å². The smallest absolute Gasteiger partial charge is 0.341 e. The number of piperidine rings is 1. The fourth-order valence-corrected chi connectivity index (χ4v) is 3.24.